The van der Waals surface area contributed by atoms with Crippen LogP contribution in [0.1, 0.15) is 11.1 Å². The van der Waals surface area contributed by atoms with Crippen molar-refractivity contribution in [3.05, 3.63) is 35.4 Å². The SMILES string of the molecule is COCC(O)CN(C)C(=O)Cc1ccccc1C. The van der Waals surface area contributed by atoms with Gasteiger partial charge in [0.25, 0.3) is 0 Å². The maximum atomic E-state index is 12.0. The maximum absolute atomic E-state index is 12.0. The predicted molar refractivity (Wildman–Crippen MR) is 70.4 cm³/mol. The number of ether oxygens (including phenoxy) is 1. The molecular formula is C14H21NO3. The second kappa shape index (κ2) is 7.13. The third-order valence-corrected chi connectivity index (χ3v) is 2.87. The van der Waals surface area contributed by atoms with E-state index in [1.165, 1.54) is 12.0 Å². The van der Waals surface area contributed by atoms with Crippen LogP contribution < -0.4 is 0 Å². The minimum atomic E-state index is -0.638. The van der Waals surface area contributed by atoms with E-state index in [2.05, 4.69) is 0 Å². The van der Waals surface area contributed by atoms with E-state index in [4.69, 9.17) is 4.74 Å². The number of amides is 1. The fourth-order valence-corrected chi connectivity index (χ4v) is 1.77. The Balaban J connectivity index is 2.52. The molecular weight excluding hydrogens is 230 g/mol. The molecule has 0 heterocycles. The van der Waals surface area contributed by atoms with Crippen molar-refractivity contribution in [3.63, 3.8) is 0 Å². The van der Waals surface area contributed by atoms with Crippen LogP contribution in [0.25, 0.3) is 0 Å². The van der Waals surface area contributed by atoms with Crippen molar-refractivity contribution in [1.29, 1.82) is 0 Å². The molecule has 1 unspecified atom stereocenters. The molecule has 0 fully saturated rings. The Hall–Kier alpha value is -1.39. The normalized spacial score (nSPS) is 12.2. The Morgan fingerprint density at radius 3 is 2.72 bits per heavy atom. The summed E-state index contributed by atoms with van der Waals surface area (Å²) in [4.78, 5) is 13.5. The molecule has 1 atom stereocenters. The van der Waals surface area contributed by atoms with E-state index in [0.29, 0.717) is 13.0 Å². The van der Waals surface area contributed by atoms with Crippen LogP contribution in [-0.2, 0) is 16.0 Å². The molecule has 1 aromatic rings. The zero-order valence-electron chi connectivity index (χ0n) is 11.2. The summed E-state index contributed by atoms with van der Waals surface area (Å²) in [6.45, 7) is 2.52. The highest BCUT2D eigenvalue weighted by Crippen LogP contribution is 2.09. The van der Waals surface area contributed by atoms with Crippen LogP contribution in [0, 0.1) is 6.92 Å². The first-order valence-electron chi connectivity index (χ1n) is 6.00. The van der Waals surface area contributed by atoms with Gasteiger partial charge in [-0.2, -0.15) is 0 Å². The number of nitrogens with zero attached hydrogens (tertiary/aromatic N) is 1. The summed E-state index contributed by atoms with van der Waals surface area (Å²) in [6.07, 6.45) is -0.274. The number of hydrogen-bond acceptors (Lipinski definition) is 3. The minimum Gasteiger partial charge on any atom is -0.389 e. The highest BCUT2D eigenvalue weighted by Gasteiger charge is 2.14. The number of likely N-dealkylation sites (N-methyl/N-ethyl adjacent to an activating group) is 1. The van der Waals surface area contributed by atoms with Gasteiger partial charge < -0.3 is 14.7 Å². The molecule has 18 heavy (non-hydrogen) atoms. The van der Waals surface area contributed by atoms with E-state index in [9.17, 15) is 9.90 Å². The predicted octanol–water partition coefficient (Wildman–Crippen LogP) is 1.00. The standard InChI is InChI=1S/C14H21NO3/c1-11-6-4-5-7-12(11)8-14(17)15(2)9-13(16)10-18-3/h4-7,13,16H,8-10H2,1-3H3. The Bertz CT molecular complexity index is 392. The summed E-state index contributed by atoms with van der Waals surface area (Å²) in [5.74, 6) is -0.000506. The molecule has 0 spiro atoms. The molecule has 0 saturated carbocycles. The van der Waals surface area contributed by atoms with E-state index < -0.39 is 6.10 Å². The highest BCUT2D eigenvalue weighted by molar-refractivity contribution is 5.78. The summed E-state index contributed by atoms with van der Waals surface area (Å²) in [5.41, 5.74) is 2.13. The molecule has 0 bridgehead atoms. The maximum Gasteiger partial charge on any atom is 0.226 e. The lowest BCUT2D eigenvalue weighted by molar-refractivity contribution is -0.130. The first kappa shape index (κ1) is 14.7. The Labute approximate surface area is 108 Å². The topological polar surface area (TPSA) is 49.8 Å². The summed E-state index contributed by atoms with van der Waals surface area (Å²) in [7, 11) is 3.22. The lowest BCUT2D eigenvalue weighted by Crippen LogP contribution is -2.37. The molecule has 0 aliphatic heterocycles. The summed E-state index contributed by atoms with van der Waals surface area (Å²) >= 11 is 0. The lowest BCUT2D eigenvalue weighted by atomic mass is 10.1. The summed E-state index contributed by atoms with van der Waals surface area (Å²) in [5, 5.41) is 9.57. The van der Waals surface area contributed by atoms with Crippen molar-refractivity contribution in [1.82, 2.24) is 4.90 Å². The van der Waals surface area contributed by atoms with E-state index in [0.717, 1.165) is 11.1 Å². The van der Waals surface area contributed by atoms with Gasteiger partial charge in [-0.1, -0.05) is 24.3 Å². The van der Waals surface area contributed by atoms with Gasteiger partial charge in [0.1, 0.15) is 0 Å². The van der Waals surface area contributed by atoms with Gasteiger partial charge in [-0.15, -0.1) is 0 Å². The third-order valence-electron chi connectivity index (χ3n) is 2.87. The number of rotatable bonds is 6. The van der Waals surface area contributed by atoms with E-state index in [1.807, 2.05) is 31.2 Å². The number of hydrogen-bond donors (Lipinski definition) is 1. The number of aliphatic hydroxyl groups excluding tert-OH is 1. The van der Waals surface area contributed by atoms with Crippen LogP contribution in [0.5, 0.6) is 0 Å². The Kier molecular flexibility index (Phi) is 5.82. The average molecular weight is 251 g/mol. The van der Waals surface area contributed by atoms with Crippen LogP contribution >= 0.6 is 0 Å². The second-order valence-electron chi connectivity index (χ2n) is 4.49. The van der Waals surface area contributed by atoms with Crippen molar-refractivity contribution in [2.75, 3.05) is 27.3 Å². The molecule has 4 heteroatoms. The zero-order chi connectivity index (χ0) is 13.5. The average Bonchev–Trinajstić information content (AvgIpc) is 2.32. The van der Waals surface area contributed by atoms with Gasteiger partial charge in [0, 0.05) is 20.7 Å². The molecule has 100 valence electrons. The first-order chi connectivity index (χ1) is 8.54. The molecule has 1 aromatic carbocycles. The molecule has 0 aliphatic carbocycles. The Morgan fingerprint density at radius 1 is 1.44 bits per heavy atom. The van der Waals surface area contributed by atoms with Gasteiger partial charge >= 0.3 is 0 Å². The van der Waals surface area contributed by atoms with Crippen LogP contribution in [0.4, 0.5) is 0 Å². The molecule has 0 saturated heterocycles. The zero-order valence-corrected chi connectivity index (χ0v) is 11.2. The summed E-state index contributed by atoms with van der Waals surface area (Å²) in [6, 6.07) is 7.82. The second-order valence-corrected chi connectivity index (χ2v) is 4.49. The molecule has 0 aromatic heterocycles. The Morgan fingerprint density at radius 2 is 2.11 bits per heavy atom. The number of aryl methyl sites for hydroxylation is 1. The quantitative estimate of drug-likeness (QED) is 0.820. The van der Waals surface area contributed by atoms with Gasteiger partial charge in [0.2, 0.25) is 5.91 Å². The van der Waals surface area contributed by atoms with Crippen LogP contribution in [0.2, 0.25) is 0 Å². The van der Waals surface area contributed by atoms with Gasteiger partial charge in [-0.3, -0.25) is 4.79 Å². The van der Waals surface area contributed by atoms with Crippen molar-refractivity contribution in [2.45, 2.75) is 19.4 Å². The fourth-order valence-electron chi connectivity index (χ4n) is 1.77. The van der Waals surface area contributed by atoms with Gasteiger partial charge in [0.05, 0.1) is 19.1 Å². The monoisotopic (exact) mass is 251 g/mol. The van der Waals surface area contributed by atoms with E-state index in [1.54, 1.807) is 7.05 Å². The van der Waals surface area contributed by atoms with Crippen molar-refractivity contribution < 1.29 is 14.6 Å². The number of carbonyl (C=O) groups is 1. The van der Waals surface area contributed by atoms with Gasteiger partial charge in [0.15, 0.2) is 0 Å². The number of carbonyl (C=O) groups excluding carboxylic acids is 1. The van der Waals surface area contributed by atoms with Crippen molar-refractivity contribution >= 4 is 5.91 Å². The fraction of sp³-hybridized carbons (Fsp3) is 0.500. The number of aliphatic hydroxyl groups is 1. The van der Waals surface area contributed by atoms with Crippen molar-refractivity contribution in [3.8, 4) is 0 Å². The lowest BCUT2D eigenvalue weighted by Gasteiger charge is -2.20. The van der Waals surface area contributed by atoms with Gasteiger partial charge in [-0.05, 0) is 18.1 Å². The molecule has 0 radical (unpaired) electrons. The van der Waals surface area contributed by atoms with E-state index in [-0.39, 0.29) is 12.5 Å². The van der Waals surface area contributed by atoms with Gasteiger partial charge in [-0.25, -0.2) is 0 Å². The largest absolute Gasteiger partial charge is 0.389 e. The molecule has 1 N–H and O–H groups in total. The molecule has 0 aliphatic rings. The highest BCUT2D eigenvalue weighted by atomic mass is 16.5. The van der Waals surface area contributed by atoms with Crippen LogP contribution in [0.15, 0.2) is 24.3 Å². The van der Waals surface area contributed by atoms with Crippen molar-refractivity contribution in [2.24, 2.45) is 0 Å². The smallest absolute Gasteiger partial charge is 0.226 e. The minimum absolute atomic E-state index is 0.000506. The van der Waals surface area contributed by atoms with E-state index >= 15 is 0 Å². The van der Waals surface area contributed by atoms with Crippen LogP contribution in [0.3, 0.4) is 0 Å². The summed E-state index contributed by atoms with van der Waals surface area (Å²) < 4.78 is 4.83. The molecule has 4 nitrogen and oxygen atoms in total. The van der Waals surface area contributed by atoms with Crippen LogP contribution in [-0.4, -0.2) is 49.3 Å². The molecule has 1 rings (SSSR count). The first-order valence-corrected chi connectivity index (χ1v) is 6.00. The number of benzene rings is 1. The number of methoxy groups -OCH3 is 1. The third kappa shape index (κ3) is 4.47. The molecule has 1 amide bonds.